The van der Waals surface area contributed by atoms with E-state index in [4.69, 9.17) is 11.0 Å². The minimum atomic E-state index is -0.295. The van der Waals surface area contributed by atoms with Crippen LogP contribution in [-0.2, 0) is 5.75 Å². The molecule has 1 heterocycles. The number of benzene rings is 1. The van der Waals surface area contributed by atoms with E-state index in [0.29, 0.717) is 22.0 Å². The van der Waals surface area contributed by atoms with Crippen LogP contribution in [0.2, 0.25) is 0 Å². The van der Waals surface area contributed by atoms with Crippen LogP contribution in [0, 0.1) is 24.1 Å². The zero-order valence-corrected chi connectivity index (χ0v) is 11.2. The van der Waals surface area contributed by atoms with E-state index in [1.807, 2.05) is 13.0 Å². The van der Waals surface area contributed by atoms with Crippen molar-refractivity contribution >= 4 is 28.2 Å². The van der Waals surface area contributed by atoms with E-state index in [2.05, 4.69) is 4.98 Å². The summed E-state index contributed by atoms with van der Waals surface area (Å²) in [6, 6.07) is 6.37. The molecule has 0 aliphatic carbocycles. The van der Waals surface area contributed by atoms with Crippen LogP contribution >= 0.6 is 23.1 Å². The Morgan fingerprint density at radius 1 is 1.56 bits per heavy atom. The SMILES string of the molecule is Cc1nc(N)sc1SCc1cc(C#N)ccc1F. The first-order valence-corrected chi connectivity index (χ1v) is 6.94. The van der Waals surface area contributed by atoms with Gasteiger partial charge in [0.1, 0.15) is 5.82 Å². The van der Waals surface area contributed by atoms with Gasteiger partial charge in [0.2, 0.25) is 0 Å². The van der Waals surface area contributed by atoms with Crippen LogP contribution in [0.3, 0.4) is 0 Å². The van der Waals surface area contributed by atoms with Crippen LogP contribution in [0.15, 0.2) is 22.4 Å². The summed E-state index contributed by atoms with van der Waals surface area (Å²) in [5.41, 5.74) is 7.45. The lowest BCUT2D eigenvalue weighted by molar-refractivity contribution is 0.617. The highest BCUT2D eigenvalue weighted by atomic mass is 32.2. The first-order valence-electron chi connectivity index (χ1n) is 5.14. The topological polar surface area (TPSA) is 62.7 Å². The highest BCUT2D eigenvalue weighted by Gasteiger charge is 2.09. The molecule has 0 spiro atoms. The van der Waals surface area contributed by atoms with Gasteiger partial charge < -0.3 is 5.73 Å². The van der Waals surface area contributed by atoms with Crippen molar-refractivity contribution < 1.29 is 4.39 Å². The lowest BCUT2D eigenvalue weighted by Crippen LogP contribution is -1.89. The highest BCUT2D eigenvalue weighted by molar-refractivity contribution is 8.00. The van der Waals surface area contributed by atoms with Gasteiger partial charge in [-0.3, -0.25) is 0 Å². The van der Waals surface area contributed by atoms with Gasteiger partial charge >= 0.3 is 0 Å². The average molecular weight is 279 g/mol. The molecule has 0 aliphatic rings. The van der Waals surface area contributed by atoms with Crippen LogP contribution in [0.5, 0.6) is 0 Å². The molecule has 0 unspecified atom stereocenters. The van der Waals surface area contributed by atoms with E-state index in [-0.39, 0.29) is 5.82 Å². The monoisotopic (exact) mass is 279 g/mol. The molecule has 0 atom stereocenters. The molecule has 0 saturated carbocycles. The van der Waals surface area contributed by atoms with Gasteiger partial charge in [-0.1, -0.05) is 11.3 Å². The normalized spacial score (nSPS) is 10.3. The summed E-state index contributed by atoms with van der Waals surface area (Å²) >= 11 is 2.87. The van der Waals surface area contributed by atoms with Crippen molar-refractivity contribution in [2.24, 2.45) is 0 Å². The highest BCUT2D eigenvalue weighted by Crippen LogP contribution is 2.33. The summed E-state index contributed by atoms with van der Waals surface area (Å²) < 4.78 is 14.5. The molecule has 6 heteroatoms. The molecule has 0 radical (unpaired) electrons. The van der Waals surface area contributed by atoms with Crippen molar-refractivity contribution in [1.82, 2.24) is 4.98 Å². The van der Waals surface area contributed by atoms with Crippen LogP contribution in [-0.4, -0.2) is 4.98 Å². The lowest BCUT2D eigenvalue weighted by atomic mass is 10.1. The fraction of sp³-hybridized carbons (Fsp3) is 0.167. The van der Waals surface area contributed by atoms with Gasteiger partial charge in [0, 0.05) is 5.75 Å². The third kappa shape index (κ3) is 2.81. The quantitative estimate of drug-likeness (QED) is 0.875. The molecule has 18 heavy (non-hydrogen) atoms. The Labute approximate surface area is 112 Å². The molecule has 2 N–H and O–H groups in total. The summed E-state index contributed by atoms with van der Waals surface area (Å²) in [6.07, 6.45) is 0. The molecule has 1 aromatic carbocycles. The van der Waals surface area contributed by atoms with E-state index < -0.39 is 0 Å². The predicted molar refractivity (Wildman–Crippen MR) is 71.9 cm³/mol. The molecule has 1 aromatic heterocycles. The minimum absolute atomic E-state index is 0.295. The summed E-state index contributed by atoms with van der Waals surface area (Å²) in [7, 11) is 0. The molecule has 0 aliphatic heterocycles. The van der Waals surface area contributed by atoms with Crippen molar-refractivity contribution in [2.75, 3.05) is 5.73 Å². The standard InChI is InChI=1S/C12H10FN3S2/c1-7-11(18-12(15)16-7)17-6-9-4-8(5-14)2-3-10(9)13/h2-4H,6H2,1H3,(H2,15,16). The molecule has 2 rings (SSSR count). The maximum atomic E-state index is 13.6. The summed E-state index contributed by atoms with van der Waals surface area (Å²) in [5.74, 6) is 0.167. The van der Waals surface area contributed by atoms with Crippen molar-refractivity contribution in [3.8, 4) is 6.07 Å². The van der Waals surface area contributed by atoms with Gasteiger partial charge in [0.05, 0.1) is 21.5 Å². The summed E-state index contributed by atoms with van der Waals surface area (Å²) in [5, 5.41) is 9.30. The molecular formula is C12H10FN3S2. The Morgan fingerprint density at radius 2 is 2.33 bits per heavy atom. The number of nitrogen functional groups attached to an aromatic ring is 1. The fourth-order valence-corrected chi connectivity index (χ4v) is 3.43. The first kappa shape index (κ1) is 12.9. The molecule has 2 aromatic rings. The Morgan fingerprint density at radius 3 is 2.94 bits per heavy atom. The Bertz CT molecular complexity index is 616. The smallest absolute Gasteiger partial charge is 0.181 e. The van der Waals surface area contributed by atoms with Gasteiger partial charge in [-0.2, -0.15) is 5.26 Å². The summed E-state index contributed by atoms with van der Waals surface area (Å²) in [6.45, 7) is 1.87. The van der Waals surface area contributed by atoms with E-state index in [1.165, 1.54) is 35.2 Å². The molecule has 0 bridgehead atoms. The Kier molecular flexibility index (Phi) is 3.84. The fourth-order valence-electron chi connectivity index (χ4n) is 1.43. The molecule has 0 amide bonds. The molecule has 0 saturated heterocycles. The van der Waals surface area contributed by atoms with Crippen LogP contribution < -0.4 is 5.73 Å². The number of halogens is 1. The average Bonchev–Trinajstić information content (AvgIpc) is 2.67. The molecule has 0 fully saturated rings. The second-order valence-corrected chi connectivity index (χ2v) is 5.91. The zero-order valence-electron chi connectivity index (χ0n) is 9.61. The lowest BCUT2D eigenvalue weighted by Gasteiger charge is -2.02. The third-order valence-corrected chi connectivity index (χ3v) is 4.70. The van der Waals surface area contributed by atoms with E-state index in [1.54, 1.807) is 6.07 Å². The van der Waals surface area contributed by atoms with Gasteiger partial charge in [-0.15, -0.1) is 11.8 Å². The Hall–Kier alpha value is -1.58. The number of aryl methyl sites for hydroxylation is 1. The molecule has 92 valence electrons. The second-order valence-electron chi connectivity index (χ2n) is 3.63. The maximum Gasteiger partial charge on any atom is 0.181 e. The summed E-state index contributed by atoms with van der Waals surface area (Å²) in [4.78, 5) is 4.11. The predicted octanol–water partition coefficient (Wildman–Crippen LogP) is 3.34. The second kappa shape index (κ2) is 5.38. The number of hydrogen-bond acceptors (Lipinski definition) is 5. The number of anilines is 1. The Balaban J connectivity index is 2.15. The van der Waals surface area contributed by atoms with E-state index in [0.717, 1.165) is 9.90 Å². The number of nitriles is 1. The third-order valence-electron chi connectivity index (χ3n) is 2.30. The van der Waals surface area contributed by atoms with Gasteiger partial charge in [0.25, 0.3) is 0 Å². The number of thioether (sulfide) groups is 1. The van der Waals surface area contributed by atoms with Crippen molar-refractivity contribution in [3.05, 3.63) is 40.8 Å². The van der Waals surface area contributed by atoms with Crippen LogP contribution in [0.1, 0.15) is 16.8 Å². The number of nitrogens with zero attached hydrogens (tertiary/aromatic N) is 2. The van der Waals surface area contributed by atoms with Crippen molar-refractivity contribution in [2.45, 2.75) is 16.9 Å². The minimum Gasteiger partial charge on any atom is -0.375 e. The van der Waals surface area contributed by atoms with Gasteiger partial charge in [0.15, 0.2) is 5.13 Å². The largest absolute Gasteiger partial charge is 0.375 e. The zero-order chi connectivity index (χ0) is 13.1. The first-order chi connectivity index (χ1) is 8.60. The molecular weight excluding hydrogens is 269 g/mol. The van der Waals surface area contributed by atoms with Gasteiger partial charge in [-0.05, 0) is 30.7 Å². The van der Waals surface area contributed by atoms with Gasteiger partial charge in [-0.25, -0.2) is 9.37 Å². The van der Waals surface area contributed by atoms with E-state index in [9.17, 15) is 4.39 Å². The maximum absolute atomic E-state index is 13.6. The van der Waals surface area contributed by atoms with Crippen molar-refractivity contribution in [1.29, 1.82) is 5.26 Å². The van der Waals surface area contributed by atoms with Crippen molar-refractivity contribution in [3.63, 3.8) is 0 Å². The number of thiazole rings is 1. The number of aromatic nitrogens is 1. The van der Waals surface area contributed by atoms with E-state index >= 15 is 0 Å². The van der Waals surface area contributed by atoms with Crippen LogP contribution in [0.25, 0.3) is 0 Å². The van der Waals surface area contributed by atoms with Crippen LogP contribution in [0.4, 0.5) is 9.52 Å². The number of nitrogens with two attached hydrogens (primary N) is 1. The number of hydrogen-bond donors (Lipinski definition) is 1. The number of rotatable bonds is 3. The molecule has 3 nitrogen and oxygen atoms in total.